The number of fused-ring (bicyclic) bond motifs is 1. The van der Waals surface area contributed by atoms with Gasteiger partial charge in [-0.1, -0.05) is 6.07 Å². The van der Waals surface area contributed by atoms with E-state index in [0.29, 0.717) is 0 Å². The molecule has 2 heteroatoms. The summed E-state index contributed by atoms with van der Waals surface area (Å²) in [7, 11) is 0. The van der Waals surface area contributed by atoms with Gasteiger partial charge >= 0.3 is 0 Å². The molecule has 1 radical (unpaired) electrons. The van der Waals surface area contributed by atoms with Gasteiger partial charge in [0.25, 0.3) is 0 Å². The summed E-state index contributed by atoms with van der Waals surface area (Å²) < 4.78 is 0. The van der Waals surface area contributed by atoms with Gasteiger partial charge in [-0.05, 0) is 25.1 Å². The van der Waals surface area contributed by atoms with Crippen molar-refractivity contribution in [2.75, 3.05) is 0 Å². The third-order valence-electron chi connectivity index (χ3n) is 1.60. The van der Waals surface area contributed by atoms with Crippen molar-refractivity contribution < 1.29 is 0 Å². The van der Waals surface area contributed by atoms with E-state index in [9.17, 15) is 0 Å². The molecule has 49 valence electrons. The van der Waals surface area contributed by atoms with Crippen molar-refractivity contribution in [3.63, 3.8) is 0 Å². The van der Waals surface area contributed by atoms with Crippen LogP contribution in [0.15, 0.2) is 18.2 Å². The average Bonchev–Trinajstić information content (AvgIpc) is 2.34. The van der Waals surface area contributed by atoms with Crippen LogP contribution in [-0.2, 0) is 0 Å². The number of hydrogen-bond acceptors (Lipinski definition) is 1. The fraction of sp³-hybridized carbons (Fsp3) is 0.125. The van der Waals surface area contributed by atoms with E-state index >= 15 is 0 Å². The van der Waals surface area contributed by atoms with Crippen LogP contribution in [0.4, 0.5) is 0 Å². The molecule has 2 nitrogen and oxygen atoms in total. The Kier molecular flexibility index (Phi) is 1.01. The normalized spacial score (nSPS) is 10.5. The SMILES string of the molecule is Cc1n[nH]c2cc[c]cc12. The van der Waals surface area contributed by atoms with Gasteiger partial charge in [0.15, 0.2) is 0 Å². The number of aromatic amines is 1. The monoisotopic (exact) mass is 131 g/mol. The van der Waals surface area contributed by atoms with Crippen LogP contribution in [0, 0.1) is 13.0 Å². The zero-order valence-electron chi connectivity index (χ0n) is 5.68. The van der Waals surface area contributed by atoms with Gasteiger partial charge in [0.05, 0.1) is 11.2 Å². The highest BCUT2D eigenvalue weighted by atomic mass is 15.1. The van der Waals surface area contributed by atoms with Crippen LogP contribution in [0.3, 0.4) is 0 Å². The first-order chi connectivity index (χ1) is 4.88. The van der Waals surface area contributed by atoms with E-state index in [2.05, 4.69) is 16.3 Å². The van der Waals surface area contributed by atoms with E-state index in [0.717, 1.165) is 16.6 Å². The molecule has 2 aromatic rings. The van der Waals surface area contributed by atoms with Gasteiger partial charge in [-0.3, -0.25) is 5.10 Å². The number of aromatic nitrogens is 2. The molecule has 0 aliphatic carbocycles. The second-order valence-corrected chi connectivity index (χ2v) is 2.28. The number of hydrogen-bond donors (Lipinski definition) is 1. The maximum atomic E-state index is 4.05. The predicted octanol–water partition coefficient (Wildman–Crippen LogP) is 1.67. The third kappa shape index (κ3) is 0.620. The lowest BCUT2D eigenvalue weighted by Crippen LogP contribution is -1.67. The summed E-state index contributed by atoms with van der Waals surface area (Å²) in [4.78, 5) is 0. The number of H-pyrrole nitrogens is 1. The molecule has 1 aromatic carbocycles. The van der Waals surface area contributed by atoms with E-state index < -0.39 is 0 Å². The molecule has 0 aliphatic rings. The van der Waals surface area contributed by atoms with Crippen LogP contribution in [0.5, 0.6) is 0 Å². The van der Waals surface area contributed by atoms with Gasteiger partial charge in [0.1, 0.15) is 0 Å². The second-order valence-electron chi connectivity index (χ2n) is 2.28. The Morgan fingerprint density at radius 2 is 2.50 bits per heavy atom. The summed E-state index contributed by atoms with van der Waals surface area (Å²) in [6.45, 7) is 1.98. The first-order valence-electron chi connectivity index (χ1n) is 3.19. The number of benzene rings is 1. The Morgan fingerprint density at radius 3 is 3.30 bits per heavy atom. The molecule has 0 spiro atoms. The number of aryl methyl sites for hydroxylation is 1. The summed E-state index contributed by atoms with van der Waals surface area (Å²) in [5, 5.41) is 8.12. The third-order valence-corrected chi connectivity index (χ3v) is 1.60. The highest BCUT2D eigenvalue weighted by molar-refractivity contribution is 5.80. The van der Waals surface area contributed by atoms with Gasteiger partial charge in [-0.2, -0.15) is 5.10 Å². The number of nitrogens with zero attached hydrogens (tertiary/aromatic N) is 1. The lowest BCUT2D eigenvalue weighted by molar-refractivity contribution is 1.07. The number of rotatable bonds is 0. The molecule has 1 aromatic heterocycles. The Hall–Kier alpha value is -1.31. The molecule has 0 saturated carbocycles. The fourth-order valence-electron chi connectivity index (χ4n) is 1.03. The highest BCUT2D eigenvalue weighted by Gasteiger charge is 1.96. The minimum absolute atomic E-state index is 1.03. The first-order valence-corrected chi connectivity index (χ1v) is 3.19. The molecule has 0 amide bonds. The van der Waals surface area contributed by atoms with Crippen LogP contribution in [0.2, 0.25) is 0 Å². The lowest BCUT2D eigenvalue weighted by atomic mass is 10.2. The molecule has 2 rings (SSSR count). The molecule has 0 fully saturated rings. The topological polar surface area (TPSA) is 28.7 Å². The summed E-state index contributed by atoms with van der Waals surface area (Å²) in [6, 6.07) is 8.78. The smallest absolute Gasteiger partial charge is 0.0670 e. The summed E-state index contributed by atoms with van der Waals surface area (Å²) >= 11 is 0. The van der Waals surface area contributed by atoms with Crippen molar-refractivity contribution >= 4 is 10.9 Å². The zero-order chi connectivity index (χ0) is 6.97. The van der Waals surface area contributed by atoms with E-state index in [-0.39, 0.29) is 0 Å². The van der Waals surface area contributed by atoms with Gasteiger partial charge in [-0.15, -0.1) is 0 Å². The van der Waals surface area contributed by atoms with Gasteiger partial charge in [0.2, 0.25) is 0 Å². The Balaban J connectivity index is 2.93. The quantitative estimate of drug-likeness (QED) is 0.578. The molecule has 10 heavy (non-hydrogen) atoms. The Labute approximate surface area is 58.9 Å². The largest absolute Gasteiger partial charge is 0.278 e. The second kappa shape index (κ2) is 1.84. The molecule has 1 heterocycles. The van der Waals surface area contributed by atoms with Crippen molar-refractivity contribution in [3.8, 4) is 0 Å². The molecule has 0 aliphatic heterocycles. The molecule has 0 saturated heterocycles. The Bertz CT molecular complexity index is 349. The van der Waals surface area contributed by atoms with E-state index in [1.165, 1.54) is 0 Å². The van der Waals surface area contributed by atoms with Gasteiger partial charge in [-0.25, -0.2) is 0 Å². The number of nitrogens with one attached hydrogen (secondary N) is 1. The minimum Gasteiger partial charge on any atom is -0.278 e. The summed E-state index contributed by atoms with van der Waals surface area (Å²) in [6.07, 6.45) is 0. The van der Waals surface area contributed by atoms with Crippen molar-refractivity contribution in [3.05, 3.63) is 30.0 Å². The maximum absolute atomic E-state index is 4.05. The van der Waals surface area contributed by atoms with Crippen LogP contribution in [-0.4, -0.2) is 10.2 Å². The van der Waals surface area contributed by atoms with Gasteiger partial charge in [0, 0.05) is 5.39 Å². The van der Waals surface area contributed by atoms with Crippen molar-refractivity contribution in [2.24, 2.45) is 0 Å². The summed E-state index contributed by atoms with van der Waals surface area (Å²) in [5.74, 6) is 0. The first kappa shape index (κ1) is 5.47. The van der Waals surface area contributed by atoms with Crippen molar-refractivity contribution in [2.45, 2.75) is 6.92 Å². The minimum atomic E-state index is 1.03. The van der Waals surface area contributed by atoms with Crippen LogP contribution >= 0.6 is 0 Å². The van der Waals surface area contributed by atoms with Crippen molar-refractivity contribution in [1.82, 2.24) is 10.2 Å². The predicted molar refractivity (Wildman–Crippen MR) is 39.7 cm³/mol. The zero-order valence-corrected chi connectivity index (χ0v) is 5.68. The van der Waals surface area contributed by atoms with Crippen molar-refractivity contribution in [1.29, 1.82) is 0 Å². The standard InChI is InChI=1S/C8H7N2/c1-6-7-4-2-3-5-8(7)10-9-6/h3-5H,1H3,(H,9,10). The molecule has 1 N–H and O–H groups in total. The molecule has 0 unspecified atom stereocenters. The van der Waals surface area contributed by atoms with E-state index in [1.54, 1.807) is 0 Å². The highest BCUT2D eigenvalue weighted by Crippen LogP contribution is 2.12. The Morgan fingerprint density at radius 1 is 1.60 bits per heavy atom. The maximum Gasteiger partial charge on any atom is 0.0670 e. The van der Waals surface area contributed by atoms with E-state index in [4.69, 9.17) is 0 Å². The lowest BCUT2D eigenvalue weighted by Gasteiger charge is -1.84. The molecular weight excluding hydrogens is 124 g/mol. The van der Waals surface area contributed by atoms with E-state index in [1.807, 2.05) is 25.1 Å². The molecule has 0 atom stereocenters. The van der Waals surface area contributed by atoms with Crippen LogP contribution in [0.1, 0.15) is 5.69 Å². The molecule has 0 bridgehead atoms. The van der Waals surface area contributed by atoms with Crippen LogP contribution in [0.25, 0.3) is 10.9 Å². The van der Waals surface area contributed by atoms with Crippen LogP contribution < -0.4 is 0 Å². The molecular formula is C8H7N2. The average molecular weight is 131 g/mol. The van der Waals surface area contributed by atoms with Gasteiger partial charge < -0.3 is 0 Å². The fourth-order valence-corrected chi connectivity index (χ4v) is 1.03. The summed E-state index contributed by atoms with van der Waals surface area (Å²) in [5.41, 5.74) is 2.11.